The monoisotopic (exact) mass is 325 g/mol. The van der Waals surface area contributed by atoms with Crippen molar-refractivity contribution >= 4 is 11.7 Å². The Morgan fingerprint density at radius 3 is 2.75 bits per heavy atom. The number of fused-ring (bicyclic) bond motifs is 1. The standard InChI is InChI=1S/C20H27N3O/c1-14(2)11-12-23-20-19(15(3)22-23)17(13-18(24)21-20)10-9-16-7-5-4-6-8-16/h4-8,14,17H,9-13H2,1-3H3,(H,21,24)/t17-/m0/s1. The largest absolute Gasteiger partial charge is 0.311 e. The topological polar surface area (TPSA) is 46.9 Å². The van der Waals surface area contributed by atoms with Crippen LogP contribution in [0.25, 0.3) is 0 Å². The molecule has 2 aromatic rings. The maximum Gasteiger partial charge on any atom is 0.226 e. The molecule has 2 heterocycles. The van der Waals surface area contributed by atoms with E-state index < -0.39 is 0 Å². The van der Waals surface area contributed by atoms with Gasteiger partial charge in [-0.1, -0.05) is 44.2 Å². The molecule has 4 nitrogen and oxygen atoms in total. The first kappa shape index (κ1) is 16.7. The van der Waals surface area contributed by atoms with Crippen molar-refractivity contribution in [3.63, 3.8) is 0 Å². The molecule has 3 rings (SSSR count). The molecule has 1 N–H and O–H groups in total. The summed E-state index contributed by atoms with van der Waals surface area (Å²) < 4.78 is 2.00. The van der Waals surface area contributed by atoms with Crippen molar-refractivity contribution in [2.24, 2.45) is 5.92 Å². The molecule has 1 aromatic carbocycles. The fourth-order valence-corrected chi connectivity index (χ4v) is 3.50. The molecule has 0 spiro atoms. The molecule has 1 amide bonds. The highest BCUT2D eigenvalue weighted by Gasteiger charge is 2.30. The van der Waals surface area contributed by atoms with Gasteiger partial charge >= 0.3 is 0 Å². The van der Waals surface area contributed by atoms with Crippen LogP contribution in [0.1, 0.15) is 55.8 Å². The van der Waals surface area contributed by atoms with E-state index in [-0.39, 0.29) is 11.8 Å². The smallest absolute Gasteiger partial charge is 0.226 e. The lowest BCUT2D eigenvalue weighted by Crippen LogP contribution is -2.25. The maximum absolute atomic E-state index is 12.2. The fraction of sp³-hybridized carbons (Fsp3) is 0.500. The minimum atomic E-state index is 0.117. The number of carbonyl (C=O) groups excluding carboxylic acids is 1. The Labute approximate surface area is 144 Å². The van der Waals surface area contributed by atoms with E-state index in [4.69, 9.17) is 5.10 Å². The van der Waals surface area contributed by atoms with Crippen molar-refractivity contribution in [1.29, 1.82) is 0 Å². The van der Waals surface area contributed by atoms with Crippen molar-refractivity contribution in [1.82, 2.24) is 9.78 Å². The van der Waals surface area contributed by atoms with E-state index in [1.807, 2.05) is 10.7 Å². The zero-order valence-electron chi connectivity index (χ0n) is 14.9. The molecular formula is C20H27N3O. The van der Waals surface area contributed by atoms with Crippen LogP contribution in [-0.4, -0.2) is 15.7 Å². The fourth-order valence-electron chi connectivity index (χ4n) is 3.50. The predicted molar refractivity (Wildman–Crippen MR) is 97.2 cm³/mol. The first-order valence-electron chi connectivity index (χ1n) is 8.95. The number of anilines is 1. The number of hydrogen-bond donors (Lipinski definition) is 1. The van der Waals surface area contributed by atoms with Crippen molar-refractivity contribution in [3.05, 3.63) is 47.2 Å². The number of nitrogens with zero attached hydrogens (tertiary/aromatic N) is 2. The van der Waals surface area contributed by atoms with Gasteiger partial charge in [0, 0.05) is 18.5 Å². The Hall–Kier alpha value is -2.10. The summed E-state index contributed by atoms with van der Waals surface area (Å²) in [4.78, 5) is 12.2. The highest BCUT2D eigenvalue weighted by molar-refractivity contribution is 5.94. The minimum absolute atomic E-state index is 0.117. The number of benzene rings is 1. The molecule has 0 bridgehead atoms. The van der Waals surface area contributed by atoms with Crippen LogP contribution in [-0.2, 0) is 17.8 Å². The van der Waals surface area contributed by atoms with Crippen LogP contribution in [0, 0.1) is 12.8 Å². The van der Waals surface area contributed by atoms with Gasteiger partial charge in [-0.3, -0.25) is 4.79 Å². The number of aryl methyl sites for hydroxylation is 3. The molecular weight excluding hydrogens is 298 g/mol. The quantitative estimate of drug-likeness (QED) is 0.861. The third-order valence-corrected chi connectivity index (χ3v) is 4.81. The highest BCUT2D eigenvalue weighted by atomic mass is 16.1. The van der Waals surface area contributed by atoms with Gasteiger partial charge in [0.05, 0.1) is 5.69 Å². The normalized spacial score (nSPS) is 17.0. The molecule has 0 radical (unpaired) electrons. The molecule has 1 aliphatic rings. The summed E-state index contributed by atoms with van der Waals surface area (Å²) in [5, 5.41) is 7.77. The van der Waals surface area contributed by atoms with Gasteiger partial charge in [-0.2, -0.15) is 5.10 Å². The average molecular weight is 325 g/mol. The summed E-state index contributed by atoms with van der Waals surface area (Å²) in [5.41, 5.74) is 3.64. The number of rotatable bonds is 6. The first-order valence-corrected chi connectivity index (χ1v) is 8.95. The molecule has 0 aliphatic carbocycles. The van der Waals surface area contributed by atoms with E-state index in [1.165, 1.54) is 11.1 Å². The zero-order chi connectivity index (χ0) is 17.1. The van der Waals surface area contributed by atoms with Crippen LogP contribution in [0.4, 0.5) is 5.82 Å². The second-order valence-corrected chi connectivity index (χ2v) is 7.23. The molecule has 4 heteroatoms. The molecule has 0 saturated heterocycles. The van der Waals surface area contributed by atoms with E-state index in [1.54, 1.807) is 0 Å². The Balaban J connectivity index is 1.80. The second-order valence-electron chi connectivity index (χ2n) is 7.23. The van der Waals surface area contributed by atoms with E-state index >= 15 is 0 Å². The molecule has 0 fully saturated rings. The van der Waals surface area contributed by atoms with Gasteiger partial charge in [-0.25, -0.2) is 4.68 Å². The van der Waals surface area contributed by atoms with Gasteiger partial charge in [0.15, 0.2) is 0 Å². The lowest BCUT2D eigenvalue weighted by atomic mass is 9.87. The number of aromatic nitrogens is 2. The highest BCUT2D eigenvalue weighted by Crippen LogP contribution is 2.37. The van der Waals surface area contributed by atoms with Crippen LogP contribution in [0.5, 0.6) is 0 Å². The van der Waals surface area contributed by atoms with Crippen molar-refractivity contribution in [3.8, 4) is 0 Å². The Morgan fingerprint density at radius 2 is 2.04 bits per heavy atom. The summed E-state index contributed by atoms with van der Waals surface area (Å²) in [6.45, 7) is 7.35. The molecule has 24 heavy (non-hydrogen) atoms. The second kappa shape index (κ2) is 7.20. The van der Waals surface area contributed by atoms with Gasteiger partial charge < -0.3 is 5.32 Å². The van der Waals surface area contributed by atoms with Gasteiger partial charge in [0.25, 0.3) is 0 Å². The number of hydrogen-bond acceptors (Lipinski definition) is 2. The number of nitrogens with one attached hydrogen (secondary N) is 1. The molecule has 0 unspecified atom stereocenters. The van der Waals surface area contributed by atoms with E-state index in [0.29, 0.717) is 12.3 Å². The van der Waals surface area contributed by atoms with E-state index in [2.05, 4.69) is 50.4 Å². The Kier molecular flexibility index (Phi) is 5.03. The van der Waals surface area contributed by atoms with Gasteiger partial charge in [-0.05, 0) is 43.6 Å². The molecule has 128 valence electrons. The summed E-state index contributed by atoms with van der Waals surface area (Å²) in [5.74, 6) is 1.94. The van der Waals surface area contributed by atoms with E-state index in [0.717, 1.165) is 37.3 Å². The predicted octanol–water partition coefficient (Wildman–Crippen LogP) is 4.30. The first-order chi connectivity index (χ1) is 11.5. The van der Waals surface area contributed by atoms with Crippen LogP contribution < -0.4 is 5.32 Å². The molecule has 1 aromatic heterocycles. The molecule has 1 atom stereocenters. The minimum Gasteiger partial charge on any atom is -0.311 e. The zero-order valence-corrected chi connectivity index (χ0v) is 14.9. The number of carbonyl (C=O) groups is 1. The third kappa shape index (κ3) is 3.69. The summed E-state index contributed by atoms with van der Waals surface area (Å²) >= 11 is 0. The van der Waals surface area contributed by atoms with Crippen LogP contribution >= 0.6 is 0 Å². The summed E-state index contributed by atoms with van der Waals surface area (Å²) in [6, 6.07) is 10.5. The van der Waals surface area contributed by atoms with Gasteiger partial charge in [-0.15, -0.1) is 0 Å². The van der Waals surface area contributed by atoms with Crippen molar-refractivity contribution in [2.45, 2.75) is 58.9 Å². The molecule has 0 saturated carbocycles. The van der Waals surface area contributed by atoms with Crippen molar-refractivity contribution in [2.75, 3.05) is 5.32 Å². The Morgan fingerprint density at radius 1 is 1.29 bits per heavy atom. The SMILES string of the molecule is Cc1nn(CCC(C)C)c2c1[C@@H](CCc1ccccc1)CC(=O)N2. The van der Waals surface area contributed by atoms with Crippen LogP contribution in [0.15, 0.2) is 30.3 Å². The third-order valence-electron chi connectivity index (χ3n) is 4.81. The lowest BCUT2D eigenvalue weighted by molar-refractivity contribution is -0.116. The maximum atomic E-state index is 12.2. The summed E-state index contributed by atoms with van der Waals surface area (Å²) in [6.07, 6.45) is 3.62. The van der Waals surface area contributed by atoms with Crippen LogP contribution in [0.2, 0.25) is 0 Å². The van der Waals surface area contributed by atoms with Crippen molar-refractivity contribution < 1.29 is 4.79 Å². The van der Waals surface area contributed by atoms with Gasteiger partial charge in [0.2, 0.25) is 5.91 Å². The molecule has 1 aliphatic heterocycles. The van der Waals surface area contributed by atoms with Gasteiger partial charge in [0.1, 0.15) is 5.82 Å². The Bertz CT molecular complexity index is 703. The number of amides is 1. The van der Waals surface area contributed by atoms with Crippen LogP contribution in [0.3, 0.4) is 0 Å². The lowest BCUT2D eigenvalue weighted by Gasteiger charge is -2.24. The van der Waals surface area contributed by atoms with E-state index in [9.17, 15) is 4.79 Å². The average Bonchev–Trinajstić information content (AvgIpc) is 2.87. The summed E-state index contributed by atoms with van der Waals surface area (Å²) in [7, 11) is 0.